The van der Waals surface area contributed by atoms with Crippen molar-refractivity contribution in [3.8, 4) is 0 Å². The van der Waals surface area contributed by atoms with Gasteiger partial charge in [-0.05, 0) is 81.0 Å². The first kappa shape index (κ1) is 36.3. The first-order valence-electron chi connectivity index (χ1n) is 16.2. The molecule has 2 heterocycles. The van der Waals surface area contributed by atoms with Crippen molar-refractivity contribution in [2.45, 2.75) is 67.5 Å². The van der Waals surface area contributed by atoms with E-state index in [1.165, 1.54) is 22.5 Å². The van der Waals surface area contributed by atoms with Gasteiger partial charge in [0.1, 0.15) is 23.5 Å². The SMILES string of the molecule is COC(=O)N[C@H](C(=O)Nc1cccc(F)c1CCC[C@H]1CNC[C@H](C)N1S(=O)(=O)c1ccccc1)C1(c2cc(F)cc(F)c2)CCOCC1. The van der Waals surface area contributed by atoms with Crippen LogP contribution in [0.25, 0.3) is 0 Å². The van der Waals surface area contributed by atoms with Crippen LogP contribution in [0.15, 0.2) is 71.6 Å². The molecule has 0 bridgehead atoms. The number of sulfonamides is 1. The zero-order valence-corrected chi connectivity index (χ0v) is 28.2. The standard InChI is InChI=1S/C35H41F3N4O6S/c1-23-21-39-22-27(42(23)49(45,46)28-9-4-3-5-10-28)8-6-11-29-30(38)12-7-13-31(29)40-33(43)32(41-34(44)47-2)35(14-16-48-17-15-35)24-18-25(36)20-26(37)19-24/h3-5,7,9-10,12-13,18-20,23,27,32,39H,6,8,11,14-17,21-22H2,1-2H3,(H,40,43)(H,41,44)/t23-,27-,32+/m0/s1. The summed E-state index contributed by atoms with van der Waals surface area (Å²) in [6.45, 7) is 3.06. The molecule has 2 saturated heterocycles. The maximum atomic E-state index is 15.4. The summed E-state index contributed by atoms with van der Waals surface area (Å²) in [6, 6.07) is 13.3. The number of hydrogen-bond acceptors (Lipinski definition) is 7. The number of carbonyl (C=O) groups is 2. The number of nitrogens with one attached hydrogen (secondary N) is 3. The predicted molar refractivity (Wildman–Crippen MR) is 177 cm³/mol. The Labute approximate surface area is 284 Å². The fraction of sp³-hybridized carbons (Fsp3) is 0.429. The topological polar surface area (TPSA) is 126 Å². The lowest BCUT2D eigenvalue weighted by molar-refractivity contribution is -0.121. The molecule has 49 heavy (non-hydrogen) atoms. The molecule has 3 aromatic carbocycles. The fourth-order valence-corrected chi connectivity index (χ4v) is 8.84. The van der Waals surface area contributed by atoms with Gasteiger partial charge in [0.15, 0.2) is 0 Å². The van der Waals surface area contributed by atoms with Crippen molar-refractivity contribution < 1.29 is 40.7 Å². The maximum absolute atomic E-state index is 15.4. The Bertz CT molecular complexity index is 1720. The van der Waals surface area contributed by atoms with Gasteiger partial charge < -0.3 is 25.4 Å². The molecule has 0 unspecified atom stereocenters. The van der Waals surface area contributed by atoms with Crippen molar-refractivity contribution in [2.75, 3.05) is 38.7 Å². The van der Waals surface area contributed by atoms with Gasteiger partial charge in [0, 0.05) is 61.1 Å². The van der Waals surface area contributed by atoms with Gasteiger partial charge in [0.05, 0.1) is 12.0 Å². The summed E-state index contributed by atoms with van der Waals surface area (Å²) in [7, 11) is -2.67. The summed E-state index contributed by atoms with van der Waals surface area (Å²) in [5.41, 5.74) is -0.779. The summed E-state index contributed by atoms with van der Waals surface area (Å²) < 4.78 is 83.5. The third-order valence-electron chi connectivity index (χ3n) is 9.36. The lowest BCUT2D eigenvalue weighted by atomic mass is 9.68. The molecule has 14 heteroatoms. The molecular weight excluding hydrogens is 661 g/mol. The molecule has 2 fully saturated rings. The van der Waals surface area contributed by atoms with E-state index in [4.69, 9.17) is 9.47 Å². The monoisotopic (exact) mass is 702 g/mol. The third-order valence-corrected chi connectivity index (χ3v) is 11.4. The van der Waals surface area contributed by atoms with Gasteiger partial charge in [-0.2, -0.15) is 4.31 Å². The Kier molecular flexibility index (Phi) is 11.6. The van der Waals surface area contributed by atoms with E-state index in [0.29, 0.717) is 25.9 Å². The average Bonchev–Trinajstić information content (AvgIpc) is 3.08. The number of amides is 2. The summed E-state index contributed by atoms with van der Waals surface area (Å²) in [5, 5.41) is 8.60. The van der Waals surface area contributed by atoms with Gasteiger partial charge in [-0.1, -0.05) is 24.3 Å². The molecule has 5 rings (SSSR count). The number of piperazine rings is 1. The largest absolute Gasteiger partial charge is 0.453 e. The molecule has 0 aliphatic carbocycles. The Hall–Kier alpha value is -3.98. The molecular formula is C35H41F3N4O6S. The van der Waals surface area contributed by atoms with E-state index in [9.17, 15) is 26.8 Å². The normalized spacial score (nSPS) is 20.3. The molecule has 0 saturated carbocycles. The zero-order valence-electron chi connectivity index (χ0n) is 27.4. The van der Waals surface area contributed by atoms with Crippen LogP contribution in [0.1, 0.15) is 43.7 Å². The van der Waals surface area contributed by atoms with Gasteiger partial charge in [-0.15, -0.1) is 0 Å². The second-order valence-corrected chi connectivity index (χ2v) is 14.3. The summed E-state index contributed by atoms with van der Waals surface area (Å²) in [4.78, 5) is 26.9. The molecule has 264 valence electrons. The maximum Gasteiger partial charge on any atom is 0.407 e. The summed E-state index contributed by atoms with van der Waals surface area (Å²) in [6.07, 6.45) is 0.306. The predicted octanol–water partition coefficient (Wildman–Crippen LogP) is 4.89. The highest BCUT2D eigenvalue weighted by Gasteiger charge is 2.47. The zero-order chi connectivity index (χ0) is 35.2. The number of halogens is 3. The molecule has 0 aromatic heterocycles. The van der Waals surface area contributed by atoms with Gasteiger partial charge in [0.25, 0.3) is 0 Å². The van der Waals surface area contributed by atoms with Crippen LogP contribution in [0.5, 0.6) is 0 Å². The molecule has 0 spiro atoms. The highest BCUT2D eigenvalue weighted by atomic mass is 32.2. The minimum absolute atomic E-state index is 0.143. The lowest BCUT2D eigenvalue weighted by Gasteiger charge is -2.43. The van der Waals surface area contributed by atoms with Crippen LogP contribution in [-0.4, -0.2) is 76.3 Å². The minimum atomic E-state index is -3.79. The van der Waals surface area contributed by atoms with Crippen LogP contribution >= 0.6 is 0 Å². The summed E-state index contributed by atoms with van der Waals surface area (Å²) >= 11 is 0. The average molecular weight is 703 g/mol. The van der Waals surface area contributed by atoms with Gasteiger partial charge in [-0.25, -0.2) is 26.4 Å². The van der Waals surface area contributed by atoms with Crippen molar-refractivity contribution in [1.29, 1.82) is 0 Å². The number of rotatable bonds is 11. The van der Waals surface area contributed by atoms with Crippen LogP contribution < -0.4 is 16.0 Å². The van der Waals surface area contributed by atoms with E-state index in [2.05, 4.69) is 16.0 Å². The number of carbonyl (C=O) groups excluding carboxylic acids is 2. The summed E-state index contributed by atoms with van der Waals surface area (Å²) in [5.74, 6) is -3.01. The number of alkyl carbamates (subject to hydrolysis) is 1. The second kappa shape index (κ2) is 15.7. The second-order valence-electron chi connectivity index (χ2n) is 12.5. The van der Waals surface area contributed by atoms with Crippen LogP contribution in [0.3, 0.4) is 0 Å². The number of nitrogens with zero attached hydrogens (tertiary/aromatic N) is 1. The quantitative estimate of drug-likeness (QED) is 0.260. The number of hydrogen-bond donors (Lipinski definition) is 3. The van der Waals surface area contributed by atoms with Crippen molar-refractivity contribution in [3.63, 3.8) is 0 Å². The molecule has 3 atom stereocenters. The van der Waals surface area contributed by atoms with E-state index in [1.54, 1.807) is 30.3 Å². The van der Waals surface area contributed by atoms with E-state index < -0.39 is 57.0 Å². The van der Waals surface area contributed by atoms with E-state index in [-0.39, 0.29) is 60.2 Å². The van der Waals surface area contributed by atoms with E-state index >= 15 is 4.39 Å². The minimum Gasteiger partial charge on any atom is -0.453 e. The number of anilines is 1. The van der Waals surface area contributed by atoms with Crippen molar-refractivity contribution in [3.05, 3.63) is 95.3 Å². The molecule has 2 aliphatic rings. The smallest absolute Gasteiger partial charge is 0.407 e. The van der Waals surface area contributed by atoms with Crippen molar-refractivity contribution >= 4 is 27.7 Å². The van der Waals surface area contributed by atoms with Crippen LogP contribution in [-0.2, 0) is 36.1 Å². The number of ether oxygens (including phenoxy) is 2. The number of methoxy groups -OCH3 is 1. The van der Waals surface area contributed by atoms with Crippen molar-refractivity contribution in [2.24, 2.45) is 0 Å². The highest BCUT2D eigenvalue weighted by Crippen LogP contribution is 2.40. The van der Waals surface area contributed by atoms with Crippen LogP contribution in [0.2, 0.25) is 0 Å². The van der Waals surface area contributed by atoms with E-state index in [1.807, 2.05) is 6.92 Å². The molecule has 3 aromatic rings. The van der Waals surface area contributed by atoms with Crippen LogP contribution in [0.4, 0.5) is 23.7 Å². The Balaban J connectivity index is 1.39. The Morgan fingerprint density at radius 1 is 1.02 bits per heavy atom. The van der Waals surface area contributed by atoms with Gasteiger partial charge in [-0.3, -0.25) is 4.79 Å². The first-order chi connectivity index (χ1) is 23.5. The third kappa shape index (κ3) is 8.09. The molecule has 2 amide bonds. The lowest BCUT2D eigenvalue weighted by Crippen LogP contribution is -2.58. The Morgan fingerprint density at radius 2 is 1.71 bits per heavy atom. The Morgan fingerprint density at radius 3 is 2.39 bits per heavy atom. The van der Waals surface area contributed by atoms with Crippen molar-refractivity contribution in [1.82, 2.24) is 14.9 Å². The fourth-order valence-electron chi connectivity index (χ4n) is 6.98. The van der Waals surface area contributed by atoms with E-state index in [0.717, 1.165) is 25.3 Å². The van der Waals surface area contributed by atoms with Crippen LogP contribution in [0, 0.1) is 17.5 Å². The molecule has 10 nitrogen and oxygen atoms in total. The molecule has 2 aliphatic heterocycles. The molecule has 3 N–H and O–H groups in total. The van der Waals surface area contributed by atoms with Gasteiger partial charge >= 0.3 is 6.09 Å². The first-order valence-corrected chi connectivity index (χ1v) is 17.7. The highest BCUT2D eigenvalue weighted by molar-refractivity contribution is 7.89. The number of benzene rings is 3. The van der Waals surface area contributed by atoms with Gasteiger partial charge in [0.2, 0.25) is 15.9 Å². The molecule has 0 radical (unpaired) electrons.